The highest BCUT2D eigenvalue weighted by Gasteiger charge is 2.28. The van der Waals surface area contributed by atoms with E-state index >= 15 is 0 Å². The van der Waals surface area contributed by atoms with Crippen molar-refractivity contribution in [3.63, 3.8) is 0 Å². The molecule has 6 nitrogen and oxygen atoms in total. The van der Waals surface area contributed by atoms with Gasteiger partial charge in [0.15, 0.2) is 11.6 Å². The molecule has 1 aromatic rings. The lowest BCUT2D eigenvalue weighted by atomic mass is 10.1. The van der Waals surface area contributed by atoms with Gasteiger partial charge in [0.05, 0.1) is 13.5 Å². The number of carbonyl (C=O) groups is 3. The Balaban J connectivity index is 2.85. The van der Waals surface area contributed by atoms with Crippen LogP contribution in [0.25, 0.3) is 0 Å². The summed E-state index contributed by atoms with van der Waals surface area (Å²) in [5.41, 5.74) is -0.964. The van der Waals surface area contributed by atoms with Gasteiger partial charge in [-0.05, 0) is 39.0 Å². The maximum Gasteiger partial charge on any atom is 0.328 e. The summed E-state index contributed by atoms with van der Waals surface area (Å²) in [5.74, 6) is -4.75. The molecule has 0 saturated carbocycles. The zero-order valence-corrected chi connectivity index (χ0v) is 13.8. The summed E-state index contributed by atoms with van der Waals surface area (Å²) in [6.45, 7) is 4.95. The quantitative estimate of drug-likeness (QED) is 0.827. The molecule has 1 atom stereocenters. The van der Waals surface area contributed by atoms with Crippen LogP contribution in [0.3, 0.4) is 0 Å². The van der Waals surface area contributed by atoms with Gasteiger partial charge in [0, 0.05) is 5.56 Å². The van der Waals surface area contributed by atoms with Crippen LogP contribution in [0.1, 0.15) is 37.6 Å². The van der Waals surface area contributed by atoms with Crippen molar-refractivity contribution in [1.82, 2.24) is 5.32 Å². The van der Waals surface area contributed by atoms with Crippen LogP contribution in [-0.2, 0) is 19.1 Å². The van der Waals surface area contributed by atoms with Crippen molar-refractivity contribution >= 4 is 17.8 Å². The molecule has 132 valence electrons. The monoisotopic (exact) mass is 343 g/mol. The van der Waals surface area contributed by atoms with E-state index in [1.165, 1.54) is 0 Å². The summed E-state index contributed by atoms with van der Waals surface area (Å²) < 4.78 is 35.7. The number of hydrogen-bond donors (Lipinski definition) is 1. The number of amides is 1. The van der Waals surface area contributed by atoms with E-state index in [4.69, 9.17) is 4.74 Å². The van der Waals surface area contributed by atoms with Crippen LogP contribution in [0.4, 0.5) is 8.78 Å². The second-order valence-corrected chi connectivity index (χ2v) is 5.97. The number of carbonyl (C=O) groups excluding carboxylic acids is 3. The number of methoxy groups -OCH3 is 1. The molecule has 0 fully saturated rings. The summed E-state index contributed by atoms with van der Waals surface area (Å²) >= 11 is 0. The molecule has 1 N–H and O–H groups in total. The minimum atomic E-state index is -1.31. The molecule has 8 heteroatoms. The number of halogens is 2. The van der Waals surface area contributed by atoms with Gasteiger partial charge in [0.25, 0.3) is 5.91 Å². The lowest BCUT2D eigenvalue weighted by Gasteiger charge is -2.22. The summed E-state index contributed by atoms with van der Waals surface area (Å²) in [7, 11) is 1.09. The summed E-state index contributed by atoms with van der Waals surface area (Å²) in [6, 6.07) is 1.21. The SMILES string of the molecule is COC(=O)[C@@H](CC(=O)OC(C)(C)C)NC(=O)c1ccc(F)c(F)c1. The molecule has 0 heterocycles. The number of rotatable bonds is 5. The fraction of sp³-hybridized carbons (Fsp3) is 0.438. The Kier molecular flexibility index (Phi) is 6.39. The molecule has 0 aliphatic rings. The molecule has 1 rings (SSSR count). The average molecular weight is 343 g/mol. The van der Waals surface area contributed by atoms with E-state index in [2.05, 4.69) is 10.1 Å². The molecule has 1 aromatic carbocycles. The van der Waals surface area contributed by atoms with Crippen molar-refractivity contribution in [2.75, 3.05) is 7.11 Å². The number of esters is 2. The van der Waals surface area contributed by atoms with Gasteiger partial charge in [0.2, 0.25) is 0 Å². The van der Waals surface area contributed by atoms with Crippen molar-refractivity contribution < 1.29 is 32.6 Å². The first-order valence-corrected chi connectivity index (χ1v) is 7.09. The van der Waals surface area contributed by atoms with Gasteiger partial charge in [-0.15, -0.1) is 0 Å². The zero-order chi connectivity index (χ0) is 18.5. The Morgan fingerprint density at radius 3 is 2.29 bits per heavy atom. The highest BCUT2D eigenvalue weighted by atomic mass is 19.2. The first kappa shape index (κ1) is 19.5. The lowest BCUT2D eigenvalue weighted by Crippen LogP contribution is -2.44. The maximum atomic E-state index is 13.2. The van der Waals surface area contributed by atoms with Crippen LogP contribution in [0.5, 0.6) is 0 Å². The van der Waals surface area contributed by atoms with Crippen LogP contribution >= 0.6 is 0 Å². The molecule has 0 saturated heterocycles. The Labute approximate surface area is 138 Å². The number of hydrogen-bond acceptors (Lipinski definition) is 5. The minimum absolute atomic E-state index is 0.202. The topological polar surface area (TPSA) is 81.7 Å². The Morgan fingerprint density at radius 1 is 1.17 bits per heavy atom. The van der Waals surface area contributed by atoms with E-state index in [9.17, 15) is 23.2 Å². The summed E-state index contributed by atoms with van der Waals surface area (Å²) in [4.78, 5) is 35.6. The van der Waals surface area contributed by atoms with Crippen LogP contribution in [0.2, 0.25) is 0 Å². The zero-order valence-electron chi connectivity index (χ0n) is 13.8. The van der Waals surface area contributed by atoms with Crippen molar-refractivity contribution in [1.29, 1.82) is 0 Å². The van der Waals surface area contributed by atoms with Gasteiger partial charge in [-0.1, -0.05) is 0 Å². The molecule has 24 heavy (non-hydrogen) atoms. The van der Waals surface area contributed by atoms with Crippen molar-refractivity contribution in [3.8, 4) is 0 Å². The van der Waals surface area contributed by atoms with E-state index < -0.39 is 47.5 Å². The maximum absolute atomic E-state index is 13.2. The molecule has 0 aromatic heterocycles. The second-order valence-electron chi connectivity index (χ2n) is 5.97. The molecule has 0 aliphatic carbocycles. The predicted molar refractivity (Wildman–Crippen MR) is 80.1 cm³/mol. The second kappa shape index (κ2) is 7.85. The fourth-order valence-corrected chi connectivity index (χ4v) is 1.76. The highest BCUT2D eigenvalue weighted by Crippen LogP contribution is 2.12. The average Bonchev–Trinajstić information content (AvgIpc) is 2.46. The van der Waals surface area contributed by atoms with Crippen LogP contribution < -0.4 is 5.32 Å². The van der Waals surface area contributed by atoms with Crippen molar-refractivity contribution in [2.24, 2.45) is 0 Å². The largest absolute Gasteiger partial charge is 0.467 e. The molecule has 1 amide bonds. The Bertz CT molecular complexity index is 640. The number of ether oxygens (including phenoxy) is 2. The van der Waals surface area contributed by atoms with Gasteiger partial charge >= 0.3 is 11.9 Å². The smallest absolute Gasteiger partial charge is 0.328 e. The third kappa shape index (κ3) is 5.94. The van der Waals surface area contributed by atoms with Crippen LogP contribution in [-0.4, -0.2) is 36.6 Å². The number of benzene rings is 1. The number of nitrogens with one attached hydrogen (secondary N) is 1. The fourth-order valence-electron chi connectivity index (χ4n) is 1.76. The van der Waals surface area contributed by atoms with Gasteiger partial charge < -0.3 is 14.8 Å². The molecule has 0 aliphatic heterocycles. The third-order valence-corrected chi connectivity index (χ3v) is 2.76. The summed E-state index contributed by atoms with van der Waals surface area (Å²) in [5, 5.41) is 2.24. The van der Waals surface area contributed by atoms with Gasteiger partial charge in [-0.2, -0.15) is 0 Å². The van der Waals surface area contributed by atoms with Crippen molar-refractivity contribution in [3.05, 3.63) is 35.4 Å². The van der Waals surface area contributed by atoms with Crippen LogP contribution in [0.15, 0.2) is 18.2 Å². The predicted octanol–water partition coefficient (Wildman–Crippen LogP) is 1.97. The Hall–Kier alpha value is -2.51. The van der Waals surface area contributed by atoms with E-state index in [1.807, 2.05) is 0 Å². The molecule has 0 spiro atoms. The molecule has 0 unspecified atom stereocenters. The first-order chi connectivity index (χ1) is 11.0. The molecule has 0 radical (unpaired) electrons. The van der Waals surface area contributed by atoms with Gasteiger partial charge in [-0.3, -0.25) is 9.59 Å². The minimum Gasteiger partial charge on any atom is -0.467 e. The van der Waals surface area contributed by atoms with E-state index in [0.29, 0.717) is 6.07 Å². The van der Waals surface area contributed by atoms with Gasteiger partial charge in [-0.25, -0.2) is 13.6 Å². The van der Waals surface area contributed by atoms with E-state index in [0.717, 1.165) is 19.2 Å². The normalized spacial score (nSPS) is 12.2. The van der Waals surface area contributed by atoms with Crippen LogP contribution in [0, 0.1) is 11.6 Å². The van der Waals surface area contributed by atoms with Gasteiger partial charge in [0.1, 0.15) is 11.6 Å². The van der Waals surface area contributed by atoms with E-state index in [-0.39, 0.29) is 5.56 Å². The van der Waals surface area contributed by atoms with E-state index in [1.54, 1.807) is 20.8 Å². The molecular weight excluding hydrogens is 324 g/mol. The first-order valence-electron chi connectivity index (χ1n) is 7.09. The molecule has 0 bridgehead atoms. The Morgan fingerprint density at radius 2 is 1.79 bits per heavy atom. The lowest BCUT2D eigenvalue weighted by molar-refractivity contribution is -0.158. The third-order valence-electron chi connectivity index (χ3n) is 2.76. The standard InChI is InChI=1S/C16H19F2NO5/c1-16(2,3)24-13(20)8-12(15(22)23-4)19-14(21)9-5-6-10(17)11(18)7-9/h5-7,12H,8H2,1-4H3,(H,19,21)/t12-/m1/s1. The van der Waals surface area contributed by atoms with Crippen molar-refractivity contribution in [2.45, 2.75) is 38.8 Å². The highest BCUT2D eigenvalue weighted by molar-refractivity contribution is 5.97. The molecular formula is C16H19F2NO5. The summed E-state index contributed by atoms with van der Waals surface area (Å²) in [6.07, 6.45) is -0.459.